The van der Waals surface area contributed by atoms with E-state index in [0.717, 1.165) is 16.9 Å². The normalized spacial score (nSPS) is 18.5. The lowest BCUT2D eigenvalue weighted by Gasteiger charge is -2.38. The number of fused-ring (bicyclic) bond motifs is 2. The standard InChI is InChI=1S/C20H24N4O2/c1-4-24-17-8-6-5-7-15(17)20(19(24)26)9-11-23(12-10-20)18(25)16-13-14(2)22(3)21-16/h5-8,13H,4,9-12H2,1-3H3. The molecule has 2 aliphatic rings. The van der Waals surface area contributed by atoms with E-state index in [4.69, 9.17) is 0 Å². The number of amides is 2. The van der Waals surface area contributed by atoms with Crippen LogP contribution in [0.4, 0.5) is 5.69 Å². The third-order valence-electron chi connectivity index (χ3n) is 5.92. The van der Waals surface area contributed by atoms with Crippen molar-refractivity contribution in [1.29, 1.82) is 0 Å². The van der Waals surface area contributed by atoms with Gasteiger partial charge in [0.1, 0.15) is 0 Å². The smallest absolute Gasteiger partial charge is 0.274 e. The molecule has 0 bridgehead atoms. The summed E-state index contributed by atoms with van der Waals surface area (Å²) >= 11 is 0. The zero-order chi connectivity index (χ0) is 18.5. The fourth-order valence-corrected chi connectivity index (χ4v) is 4.31. The molecule has 0 radical (unpaired) electrons. The number of likely N-dealkylation sites (tertiary alicyclic amines) is 1. The van der Waals surface area contributed by atoms with Crippen LogP contribution in [0.2, 0.25) is 0 Å². The first-order valence-electron chi connectivity index (χ1n) is 9.19. The number of para-hydroxylation sites is 1. The highest BCUT2D eigenvalue weighted by Crippen LogP contribution is 2.47. The maximum atomic E-state index is 13.2. The SMILES string of the molecule is CCN1C(=O)C2(CCN(C(=O)c3cc(C)n(C)n3)CC2)c2ccccc21. The average molecular weight is 352 g/mol. The number of aryl methyl sites for hydroxylation is 2. The van der Waals surface area contributed by atoms with Gasteiger partial charge in [-0.15, -0.1) is 0 Å². The Kier molecular flexibility index (Phi) is 3.86. The molecule has 1 fully saturated rings. The number of anilines is 1. The van der Waals surface area contributed by atoms with Crippen molar-refractivity contribution in [3.63, 3.8) is 0 Å². The second-order valence-electron chi connectivity index (χ2n) is 7.24. The molecule has 0 unspecified atom stereocenters. The minimum absolute atomic E-state index is 0.0466. The van der Waals surface area contributed by atoms with E-state index in [1.54, 1.807) is 4.68 Å². The second-order valence-corrected chi connectivity index (χ2v) is 7.24. The highest BCUT2D eigenvalue weighted by molar-refractivity contribution is 6.08. The Balaban J connectivity index is 1.58. The molecule has 4 rings (SSSR count). The van der Waals surface area contributed by atoms with Crippen molar-refractivity contribution >= 4 is 17.5 Å². The molecular weight excluding hydrogens is 328 g/mol. The monoisotopic (exact) mass is 352 g/mol. The van der Waals surface area contributed by atoms with Crippen LogP contribution in [-0.2, 0) is 17.3 Å². The van der Waals surface area contributed by atoms with Crippen molar-refractivity contribution in [3.05, 3.63) is 47.3 Å². The number of aromatic nitrogens is 2. The van der Waals surface area contributed by atoms with Gasteiger partial charge in [0.15, 0.2) is 5.69 Å². The molecule has 3 heterocycles. The number of carbonyl (C=O) groups is 2. The topological polar surface area (TPSA) is 58.4 Å². The molecule has 2 amide bonds. The van der Waals surface area contributed by atoms with E-state index >= 15 is 0 Å². The van der Waals surface area contributed by atoms with Crippen LogP contribution in [0.5, 0.6) is 0 Å². The average Bonchev–Trinajstić information content (AvgIpc) is 3.11. The van der Waals surface area contributed by atoms with Crippen molar-refractivity contribution in [2.75, 3.05) is 24.5 Å². The molecule has 0 atom stereocenters. The summed E-state index contributed by atoms with van der Waals surface area (Å²) in [5.74, 6) is 0.136. The number of rotatable bonds is 2. The van der Waals surface area contributed by atoms with Gasteiger partial charge < -0.3 is 9.80 Å². The molecule has 0 saturated carbocycles. The van der Waals surface area contributed by atoms with Gasteiger partial charge in [0.05, 0.1) is 5.41 Å². The Morgan fingerprint density at radius 3 is 2.54 bits per heavy atom. The van der Waals surface area contributed by atoms with Gasteiger partial charge in [-0.3, -0.25) is 14.3 Å². The number of carbonyl (C=O) groups excluding carboxylic acids is 2. The Hall–Kier alpha value is -2.63. The minimum Gasteiger partial charge on any atom is -0.337 e. The minimum atomic E-state index is -0.483. The van der Waals surface area contributed by atoms with Gasteiger partial charge in [-0.2, -0.15) is 5.10 Å². The molecule has 2 aliphatic heterocycles. The van der Waals surface area contributed by atoms with Crippen molar-refractivity contribution in [3.8, 4) is 0 Å². The number of nitrogens with zero attached hydrogens (tertiary/aromatic N) is 4. The first kappa shape index (κ1) is 16.8. The molecule has 1 saturated heterocycles. The van der Waals surface area contributed by atoms with Crippen LogP contribution >= 0.6 is 0 Å². The van der Waals surface area contributed by atoms with Crippen LogP contribution in [0, 0.1) is 6.92 Å². The predicted molar refractivity (Wildman–Crippen MR) is 99.2 cm³/mol. The van der Waals surface area contributed by atoms with E-state index in [1.807, 2.05) is 55.0 Å². The highest BCUT2D eigenvalue weighted by Gasteiger charge is 2.51. The second kappa shape index (κ2) is 5.97. The molecule has 136 valence electrons. The molecule has 26 heavy (non-hydrogen) atoms. The van der Waals surface area contributed by atoms with Crippen molar-refractivity contribution in [2.45, 2.75) is 32.1 Å². The van der Waals surface area contributed by atoms with Crippen LogP contribution in [0.15, 0.2) is 30.3 Å². The first-order chi connectivity index (χ1) is 12.5. The summed E-state index contributed by atoms with van der Waals surface area (Å²) in [7, 11) is 1.84. The van der Waals surface area contributed by atoms with E-state index < -0.39 is 5.41 Å². The Labute approximate surface area is 153 Å². The van der Waals surface area contributed by atoms with E-state index in [-0.39, 0.29) is 11.8 Å². The molecule has 2 aromatic rings. The van der Waals surface area contributed by atoms with Gasteiger partial charge in [-0.1, -0.05) is 18.2 Å². The molecular formula is C20H24N4O2. The summed E-state index contributed by atoms with van der Waals surface area (Å²) in [5, 5.41) is 4.30. The zero-order valence-corrected chi connectivity index (χ0v) is 15.5. The van der Waals surface area contributed by atoms with Crippen LogP contribution in [0.25, 0.3) is 0 Å². The first-order valence-corrected chi connectivity index (χ1v) is 9.19. The van der Waals surface area contributed by atoms with Gasteiger partial charge in [0.2, 0.25) is 5.91 Å². The summed E-state index contributed by atoms with van der Waals surface area (Å²) in [5.41, 5.74) is 3.10. The summed E-state index contributed by atoms with van der Waals surface area (Å²) in [6.07, 6.45) is 1.33. The summed E-state index contributed by atoms with van der Waals surface area (Å²) < 4.78 is 1.72. The predicted octanol–water partition coefficient (Wildman–Crippen LogP) is 2.27. The van der Waals surface area contributed by atoms with Gasteiger partial charge in [-0.25, -0.2) is 0 Å². The number of hydrogen-bond acceptors (Lipinski definition) is 3. The van der Waals surface area contributed by atoms with E-state index in [9.17, 15) is 9.59 Å². The third kappa shape index (κ3) is 2.28. The maximum absolute atomic E-state index is 13.2. The Morgan fingerprint density at radius 2 is 1.92 bits per heavy atom. The number of piperidine rings is 1. The number of benzene rings is 1. The van der Waals surface area contributed by atoms with Crippen molar-refractivity contribution < 1.29 is 9.59 Å². The fraction of sp³-hybridized carbons (Fsp3) is 0.450. The molecule has 0 N–H and O–H groups in total. The number of likely N-dealkylation sites (N-methyl/N-ethyl adjacent to an activating group) is 1. The highest BCUT2D eigenvalue weighted by atomic mass is 16.2. The fourth-order valence-electron chi connectivity index (χ4n) is 4.31. The van der Waals surface area contributed by atoms with Crippen molar-refractivity contribution in [1.82, 2.24) is 14.7 Å². The van der Waals surface area contributed by atoms with E-state index in [2.05, 4.69) is 11.2 Å². The molecule has 0 aliphatic carbocycles. The van der Waals surface area contributed by atoms with Gasteiger partial charge in [0, 0.05) is 38.1 Å². The van der Waals surface area contributed by atoms with Gasteiger partial charge in [0.25, 0.3) is 5.91 Å². The molecule has 6 heteroatoms. The lowest BCUT2D eigenvalue weighted by Crippen LogP contribution is -2.50. The van der Waals surface area contributed by atoms with Gasteiger partial charge in [-0.05, 0) is 44.4 Å². The van der Waals surface area contributed by atoms with E-state index in [0.29, 0.717) is 38.2 Å². The van der Waals surface area contributed by atoms with Crippen LogP contribution in [0.1, 0.15) is 41.5 Å². The Morgan fingerprint density at radius 1 is 1.23 bits per heavy atom. The maximum Gasteiger partial charge on any atom is 0.274 e. The largest absolute Gasteiger partial charge is 0.337 e. The zero-order valence-electron chi connectivity index (χ0n) is 15.5. The Bertz CT molecular complexity index is 858. The molecule has 1 spiro atoms. The van der Waals surface area contributed by atoms with Crippen molar-refractivity contribution in [2.24, 2.45) is 7.05 Å². The molecule has 1 aromatic carbocycles. The quantitative estimate of drug-likeness (QED) is 0.833. The third-order valence-corrected chi connectivity index (χ3v) is 5.92. The summed E-state index contributed by atoms with van der Waals surface area (Å²) in [6, 6.07) is 9.90. The van der Waals surface area contributed by atoms with E-state index in [1.165, 1.54) is 0 Å². The van der Waals surface area contributed by atoms with Crippen LogP contribution in [-0.4, -0.2) is 46.1 Å². The number of hydrogen-bond donors (Lipinski definition) is 0. The lowest BCUT2D eigenvalue weighted by atomic mass is 9.73. The summed E-state index contributed by atoms with van der Waals surface area (Å²) in [6.45, 7) is 5.77. The molecule has 1 aromatic heterocycles. The van der Waals surface area contributed by atoms with Crippen LogP contribution < -0.4 is 4.90 Å². The molecule has 6 nitrogen and oxygen atoms in total. The summed E-state index contributed by atoms with van der Waals surface area (Å²) in [4.78, 5) is 29.7. The van der Waals surface area contributed by atoms with Crippen LogP contribution in [0.3, 0.4) is 0 Å². The lowest BCUT2D eigenvalue weighted by molar-refractivity contribution is -0.124. The van der Waals surface area contributed by atoms with Gasteiger partial charge >= 0.3 is 0 Å².